The minimum atomic E-state index is -1.25. The van der Waals surface area contributed by atoms with Gasteiger partial charge in [0.1, 0.15) is 0 Å². The fraction of sp³-hybridized carbons (Fsp3) is 0.222. The molecule has 0 amide bonds. The van der Waals surface area contributed by atoms with Gasteiger partial charge in [-0.25, -0.2) is 9.18 Å². The van der Waals surface area contributed by atoms with Crippen molar-refractivity contribution in [2.75, 3.05) is 11.9 Å². The van der Waals surface area contributed by atoms with E-state index in [4.69, 9.17) is 5.11 Å². The highest BCUT2D eigenvalue weighted by molar-refractivity contribution is 5.89. The number of benzene rings is 1. The van der Waals surface area contributed by atoms with Crippen molar-refractivity contribution < 1.29 is 14.3 Å². The summed E-state index contributed by atoms with van der Waals surface area (Å²) in [6.07, 6.45) is 0. The summed E-state index contributed by atoms with van der Waals surface area (Å²) >= 11 is 0. The van der Waals surface area contributed by atoms with Gasteiger partial charge in [0.15, 0.2) is 5.82 Å². The standard InChI is InChI=1S/C9H10FNO2/c1-2-11-7-5-3-4-6(8(7)10)9(12)13/h3-5,11H,2H2,1H3,(H,12,13). The van der Waals surface area contributed by atoms with Crippen LogP contribution in [0.25, 0.3) is 0 Å². The van der Waals surface area contributed by atoms with Gasteiger partial charge >= 0.3 is 5.97 Å². The zero-order valence-corrected chi connectivity index (χ0v) is 7.17. The summed E-state index contributed by atoms with van der Waals surface area (Å²) in [5, 5.41) is 11.3. The van der Waals surface area contributed by atoms with E-state index in [2.05, 4.69) is 5.32 Å². The Hall–Kier alpha value is -1.58. The lowest BCUT2D eigenvalue weighted by Crippen LogP contribution is -2.05. The summed E-state index contributed by atoms with van der Waals surface area (Å²) in [5.74, 6) is -1.96. The molecular formula is C9H10FNO2. The molecule has 4 heteroatoms. The molecule has 0 atom stereocenters. The number of carbonyl (C=O) groups is 1. The zero-order valence-electron chi connectivity index (χ0n) is 7.17. The van der Waals surface area contributed by atoms with Crippen LogP contribution in [0.15, 0.2) is 18.2 Å². The van der Waals surface area contributed by atoms with Crippen LogP contribution >= 0.6 is 0 Å². The van der Waals surface area contributed by atoms with Gasteiger partial charge in [-0.15, -0.1) is 0 Å². The molecule has 2 N–H and O–H groups in total. The quantitative estimate of drug-likeness (QED) is 0.753. The highest BCUT2D eigenvalue weighted by Gasteiger charge is 2.12. The first kappa shape index (κ1) is 9.51. The van der Waals surface area contributed by atoms with Gasteiger partial charge in [-0.05, 0) is 19.1 Å². The number of nitrogens with one attached hydrogen (secondary N) is 1. The van der Waals surface area contributed by atoms with E-state index in [1.54, 1.807) is 0 Å². The minimum Gasteiger partial charge on any atom is -0.478 e. The molecule has 3 nitrogen and oxygen atoms in total. The van der Waals surface area contributed by atoms with E-state index in [-0.39, 0.29) is 11.3 Å². The predicted octanol–water partition coefficient (Wildman–Crippen LogP) is 1.96. The van der Waals surface area contributed by atoms with Crippen molar-refractivity contribution in [3.05, 3.63) is 29.6 Å². The molecule has 0 saturated carbocycles. The van der Waals surface area contributed by atoms with Crippen molar-refractivity contribution in [1.29, 1.82) is 0 Å². The van der Waals surface area contributed by atoms with Crippen LogP contribution in [0, 0.1) is 5.82 Å². The molecule has 0 spiro atoms. The third-order valence-corrected chi connectivity index (χ3v) is 1.60. The van der Waals surface area contributed by atoms with E-state index in [9.17, 15) is 9.18 Å². The maximum Gasteiger partial charge on any atom is 0.338 e. The Morgan fingerprint density at radius 3 is 2.85 bits per heavy atom. The Bertz CT molecular complexity index is 325. The van der Waals surface area contributed by atoms with Crippen LogP contribution in [-0.2, 0) is 0 Å². The lowest BCUT2D eigenvalue weighted by atomic mass is 10.2. The Morgan fingerprint density at radius 1 is 1.62 bits per heavy atom. The van der Waals surface area contributed by atoms with Crippen LogP contribution in [0.3, 0.4) is 0 Å². The molecule has 0 aromatic heterocycles. The first-order chi connectivity index (χ1) is 6.16. The number of hydrogen-bond acceptors (Lipinski definition) is 2. The monoisotopic (exact) mass is 183 g/mol. The predicted molar refractivity (Wildman–Crippen MR) is 47.5 cm³/mol. The molecule has 70 valence electrons. The average Bonchev–Trinajstić information content (AvgIpc) is 2.08. The number of carboxylic acids is 1. The highest BCUT2D eigenvalue weighted by atomic mass is 19.1. The molecule has 1 rings (SSSR count). The van der Waals surface area contributed by atoms with E-state index in [0.29, 0.717) is 6.54 Å². The molecule has 0 fully saturated rings. The number of halogens is 1. The fourth-order valence-electron chi connectivity index (χ4n) is 1.02. The largest absolute Gasteiger partial charge is 0.478 e. The van der Waals surface area contributed by atoms with Crippen molar-refractivity contribution in [3.8, 4) is 0 Å². The van der Waals surface area contributed by atoms with Gasteiger partial charge in [0.25, 0.3) is 0 Å². The number of hydrogen-bond donors (Lipinski definition) is 2. The van der Waals surface area contributed by atoms with Crippen LogP contribution < -0.4 is 5.32 Å². The summed E-state index contributed by atoms with van der Waals surface area (Å²) in [6, 6.07) is 4.24. The molecule has 0 saturated heterocycles. The van der Waals surface area contributed by atoms with Crippen LogP contribution in [-0.4, -0.2) is 17.6 Å². The van der Waals surface area contributed by atoms with E-state index in [1.807, 2.05) is 6.92 Å². The van der Waals surface area contributed by atoms with E-state index >= 15 is 0 Å². The summed E-state index contributed by atoms with van der Waals surface area (Å²) in [6.45, 7) is 2.37. The number of aromatic carboxylic acids is 1. The van der Waals surface area contributed by atoms with Gasteiger partial charge in [-0.3, -0.25) is 0 Å². The molecule has 0 radical (unpaired) electrons. The van der Waals surface area contributed by atoms with E-state index < -0.39 is 11.8 Å². The van der Waals surface area contributed by atoms with Gasteiger partial charge in [-0.2, -0.15) is 0 Å². The normalized spacial score (nSPS) is 9.69. The van der Waals surface area contributed by atoms with Crippen LogP contribution in [0.5, 0.6) is 0 Å². The van der Waals surface area contributed by atoms with E-state index in [1.165, 1.54) is 18.2 Å². The second-order valence-electron chi connectivity index (χ2n) is 2.50. The lowest BCUT2D eigenvalue weighted by molar-refractivity contribution is 0.0692. The smallest absolute Gasteiger partial charge is 0.338 e. The molecule has 0 aliphatic heterocycles. The maximum absolute atomic E-state index is 13.3. The molecule has 0 bridgehead atoms. The van der Waals surface area contributed by atoms with Crippen molar-refractivity contribution in [3.63, 3.8) is 0 Å². The Balaban J connectivity index is 3.10. The SMILES string of the molecule is CCNc1cccc(C(=O)O)c1F. The van der Waals surface area contributed by atoms with Gasteiger partial charge in [-0.1, -0.05) is 6.07 Å². The number of anilines is 1. The van der Waals surface area contributed by atoms with Crippen LogP contribution in [0.1, 0.15) is 17.3 Å². The highest BCUT2D eigenvalue weighted by Crippen LogP contribution is 2.17. The first-order valence-electron chi connectivity index (χ1n) is 3.92. The molecule has 0 aliphatic carbocycles. The summed E-state index contributed by atoms with van der Waals surface area (Å²) in [4.78, 5) is 10.5. The lowest BCUT2D eigenvalue weighted by Gasteiger charge is -2.05. The topological polar surface area (TPSA) is 49.3 Å². The number of rotatable bonds is 3. The fourth-order valence-corrected chi connectivity index (χ4v) is 1.02. The number of carboxylic acid groups (broad SMARTS) is 1. The van der Waals surface area contributed by atoms with Crippen molar-refractivity contribution >= 4 is 11.7 Å². The molecule has 0 heterocycles. The Kier molecular flexibility index (Phi) is 2.84. The first-order valence-corrected chi connectivity index (χ1v) is 3.92. The van der Waals surface area contributed by atoms with Crippen molar-refractivity contribution in [2.24, 2.45) is 0 Å². The van der Waals surface area contributed by atoms with E-state index in [0.717, 1.165) is 0 Å². The minimum absolute atomic E-state index is 0.224. The maximum atomic E-state index is 13.3. The van der Waals surface area contributed by atoms with Crippen LogP contribution in [0.2, 0.25) is 0 Å². The van der Waals surface area contributed by atoms with Gasteiger partial charge in [0.05, 0.1) is 11.3 Å². The van der Waals surface area contributed by atoms with Crippen LogP contribution in [0.4, 0.5) is 10.1 Å². The molecule has 0 aliphatic rings. The Morgan fingerprint density at radius 2 is 2.31 bits per heavy atom. The second kappa shape index (κ2) is 3.89. The third kappa shape index (κ3) is 1.96. The summed E-state index contributed by atoms with van der Waals surface area (Å²) < 4.78 is 13.3. The van der Waals surface area contributed by atoms with Gasteiger partial charge in [0, 0.05) is 6.54 Å². The van der Waals surface area contributed by atoms with Crippen molar-refractivity contribution in [1.82, 2.24) is 0 Å². The average molecular weight is 183 g/mol. The second-order valence-corrected chi connectivity index (χ2v) is 2.50. The van der Waals surface area contributed by atoms with Gasteiger partial charge < -0.3 is 10.4 Å². The molecule has 0 unspecified atom stereocenters. The Labute approximate surface area is 75.2 Å². The molecular weight excluding hydrogens is 173 g/mol. The third-order valence-electron chi connectivity index (χ3n) is 1.60. The summed E-state index contributed by atoms with van der Waals surface area (Å²) in [5.41, 5.74) is -0.0825. The zero-order chi connectivity index (χ0) is 9.84. The van der Waals surface area contributed by atoms with Crippen molar-refractivity contribution in [2.45, 2.75) is 6.92 Å². The molecule has 1 aromatic carbocycles. The molecule has 1 aromatic rings. The molecule has 13 heavy (non-hydrogen) atoms. The van der Waals surface area contributed by atoms with Gasteiger partial charge in [0.2, 0.25) is 0 Å². The summed E-state index contributed by atoms with van der Waals surface area (Å²) in [7, 11) is 0.